The van der Waals surface area contributed by atoms with E-state index in [2.05, 4.69) is 0 Å². The lowest BCUT2D eigenvalue weighted by atomic mass is 10.2. The molecule has 1 aliphatic heterocycles. The minimum atomic E-state index is -0.0971. The first-order chi connectivity index (χ1) is 12.5. The Labute approximate surface area is 160 Å². The van der Waals surface area contributed by atoms with Crippen LogP contribution in [0.4, 0.5) is 0 Å². The molecule has 2 heterocycles. The average molecular weight is 385 g/mol. The lowest BCUT2D eigenvalue weighted by molar-refractivity contribution is -0.143. The Morgan fingerprint density at radius 3 is 2.77 bits per heavy atom. The van der Waals surface area contributed by atoms with E-state index in [9.17, 15) is 9.59 Å². The maximum atomic E-state index is 13.0. The number of carbonyl (C=O) groups is 2. The zero-order valence-electron chi connectivity index (χ0n) is 15.7. The minimum absolute atomic E-state index is 0.0112. The average Bonchev–Trinajstić information content (AvgIpc) is 3.32. The van der Waals surface area contributed by atoms with Gasteiger partial charge in [0.15, 0.2) is 0 Å². The molecule has 0 saturated carbocycles. The molecule has 0 radical (unpaired) electrons. The van der Waals surface area contributed by atoms with Gasteiger partial charge in [-0.3, -0.25) is 9.59 Å². The lowest BCUT2D eigenvalue weighted by Gasteiger charge is -2.31. The molecule has 6 nitrogen and oxygen atoms in total. The Morgan fingerprint density at radius 2 is 2.19 bits per heavy atom. The van der Waals surface area contributed by atoms with Gasteiger partial charge in [0.05, 0.1) is 18.9 Å². The Morgan fingerprint density at radius 1 is 1.38 bits per heavy atom. The minimum Gasteiger partial charge on any atom is -0.467 e. The van der Waals surface area contributed by atoms with Gasteiger partial charge in [-0.25, -0.2) is 0 Å². The highest BCUT2D eigenvalue weighted by Crippen LogP contribution is 2.16. The Balaban J connectivity index is 2.07. The molecule has 7 heteroatoms. The number of alkyl halides is 1. The SMILES string of the molecule is CC[C@H](C)N(CC(=O)N(Cc1ccco1)C[C@@H]1CCCO1)C(=O)CCCl. The highest BCUT2D eigenvalue weighted by atomic mass is 35.5. The van der Waals surface area contributed by atoms with E-state index >= 15 is 0 Å². The van der Waals surface area contributed by atoms with Gasteiger partial charge in [0.25, 0.3) is 0 Å². The molecular weight excluding hydrogens is 356 g/mol. The summed E-state index contributed by atoms with van der Waals surface area (Å²) in [7, 11) is 0. The second-order valence-corrected chi connectivity index (χ2v) is 7.08. The smallest absolute Gasteiger partial charge is 0.242 e. The number of halogens is 1. The van der Waals surface area contributed by atoms with Crippen LogP contribution in [0.25, 0.3) is 0 Å². The predicted octanol–water partition coefficient (Wildman–Crippen LogP) is 3.04. The molecule has 146 valence electrons. The first-order valence-corrected chi connectivity index (χ1v) is 9.85. The van der Waals surface area contributed by atoms with Gasteiger partial charge in [0, 0.05) is 31.5 Å². The first-order valence-electron chi connectivity index (χ1n) is 9.32. The van der Waals surface area contributed by atoms with Crippen molar-refractivity contribution in [2.24, 2.45) is 0 Å². The zero-order chi connectivity index (χ0) is 18.9. The summed E-state index contributed by atoms with van der Waals surface area (Å²) in [5, 5.41) is 0. The van der Waals surface area contributed by atoms with Crippen LogP contribution in [0.5, 0.6) is 0 Å². The first kappa shape index (κ1) is 20.8. The van der Waals surface area contributed by atoms with Crippen LogP contribution in [0.15, 0.2) is 22.8 Å². The molecule has 1 aliphatic rings. The van der Waals surface area contributed by atoms with Crippen LogP contribution in [0.1, 0.15) is 45.3 Å². The lowest BCUT2D eigenvalue weighted by Crippen LogP contribution is -2.47. The summed E-state index contributed by atoms with van der Waals surface area (Å²) >= 11 is 5.72. The monoisotopic (exact) mass is 384 g/mol. The molecule has 0 bridgehead atoms. The highest BCUT2D eigenvalue weighted by molar-refractivity contribution is 6.18. The number of nitrogens with zero attached hydrogens (tertiary/aromatic N) is 2. The third-order valence-electron chi connectivity index (χ3n) is 4.78. The van der Waals surface area contributed by atoms with Crippen LogP contribution in [-0.4, -0.2) is 59.3 Å². The molecule has 0 spiro atoms. The number of furan rings is 1. The molecule has 1 aromatic rings. The van der Waals surface area contributed by atoms with Gasteiger partial charge >= 0.3 is 0 Å². The molecule has 0 aromatic carbocycles. The fraction of sp³-hybridized carbons (Fsp3) is 0.684. The van der Waals surface area contributed by atoms with Gasteiger partial charge in [-0.2, -0.15) is 0 Å². The van der Waals surface area contributed by atoms with Gasteiger partial charge in [0.2, 0.25) is 11.8 Å². The van der Waals surface area contributed by atoms with Crippen LogP contribution >= 0.6 is 11.6 Å². The molecule has 1 aromatic heterocycles. The van der Waals surface area contributed by atoms with Gasteiger partial charge in [-0.15, -0.1) is 11.6 Å². The predicted molar refractivity (Wildman–Crippen MR) is 99.9 cm³/mol. The Kier molecular flexibility index (Phi) is 8.45. The topological polar surface area (TPSA) is 63.0 Å². The molecule has 2 atom stereocenters. The van der Waals surface area contributed by atoms with Crippen molar-refractivity contribution in [3.63, 3.8) is 0 Å². The molecule has 0 N–H and O–H groups in total. The van der Waals surface area contributed by atoms with Crippen molar-refractivity contribution >= 4 is 23.4 Å². The van der Waals surface area contributed by atoms with Crippen molar-refractivity contribution in [2.45, 2.75) is 58.2 Å². The van der Waals surface area contributed by atoms with E-state index in [0.717, 1.165) is 31.6 Å². The Bertz CT molecular complexity index is 558. The molecule has 1 fully saturated rings. The number of hydrogen-bond acceptors (Lipinski definition) is 4. The largest absolute Gasteiger partial charge is 0.467 e. The number of carbonyl (C=O) groups excluding carboxylic acids is 2. The van der Waals surface area contributed by atoms with Crippen LogP contribution in [0.2, 0.25) is 0 Å². The van der Waals surface area contributed by atoms with Crippen molar-refractivity contribution in [2.75, 3.05) is 25.6 Å². The summed E-state index contributed by atoms with van der Waals surface area (Å²) in [5.74, 6) is 0.794. The standard InChI is InChI=1S/C19H29ClN2O4/c1-3-15(2)22(18(23)8-9-20)14-19(24)21(12-16-6-4-10-25-16)13-17-7-5-11-26-17/h4,6,10,15,17H,3,5,7-9,11-14H2,1-2H3/t15-,17-/m0/s1. The third-order valence-corrected chi connectivity index (χ3v) is 4.97. The normalized spacial score (nSPS) is 17.9. The second-order valence-electron chi connectivity index (χ2n) is 6.71. The summed E-state index contributed by atoms with van der Waals surface area (Å²) in [6.45, 7) is 5.64. The fourth-order valence-corrected chi connectivity index (χ4v) is 3.22. The van der Waals surface area contributed by atoms with E-state index in [1.165, 1.54) is 0 Å². The summed E-state index contributed by atoms with van der Waals surface area (Å²) in [4.78, 5) is 28.8. The van der Waals surface area contributed by atoms with Crippen LogP contribution < -0.4 is 0 Å². The summed E-state index contributed by atoms with van der Waals surface area (Å²) in [6, 6.07) is 3.64. The van der Waals surface area contributed by atoms with E-state index in [-0.39, 0.29) is 42.8 Å². The van der Waals surface area contributed by atoms with Crippen molar-refractivity contribution in [1.82, 2.24) is 9.80 Å². The third kappa shape index (κ3) is 6.02. The second kappa shape index (κ2) is 10.6. The van der Waals surface area contributed by atoms with Gasteiger partial charge in [-0.1, -0.05) is 6.92 Å². The van der Waals surface area contributed by atoms with Crippen LogP contribution in [0, 0.1) is 0 Å². The van der Waals surface area contributed by atoms with Crippen LogP contribution in [-0.2, 0) is 20.9 Å². The molecule has 1 saturated heterocycles. The van der Waals surface area contributed by atoms with E-state index < -0.39 is 0 Å². The molecule has 2 rings (SSSR count). The summed E-state index contributed by atoms with van der Waals surface area (Å²) in [5.41, 5.74) is 0. The number of hydrogen-bond donors (Lipinski definition) is 0. The van der Waals surface area contributed by atoms with Gasteiger partial charge in [-0.05, 0) is 38.3 Å². The molecule has 0 aliphatic carbocycles. The van der Waals surface area contributed by atoms with E-state index in [4.69, 9.17) is 20.8 Å². The molecule has 0 unspecified atom stereocenters. The fourth-order valence-electron chi connectivity index (χ4n) is 3.06. The summed E-state index contributed by atoms with van der Waals surface area (Å²) < 4.78 is 11.1. The van der Waals surface area contributed by atoms with Gasteiger partial charge < -0.3 is 19.0 Å². The molecule has 2 amide bonds. The van der Waals surface area contributed by atoms with Crippen molar-refractivity contribution in [3.05, 3.63) is 24.2 Å². The van der Waals surface area contributed by atoms with Crippen LogP contribution in [0.3, 0.4) is 0 Å². The molecule has 26 heavy (non-hydrogen) atoms. The maximum absolute atomic E-state index is 13.0. The van der Waals surface area contributed by atoms with Crippen molar-refractivity contribution < 1.29 is 18.7 Å². The van der Waals surface area contributed by atoms with E-state index in [1.807, 2.05) is 19.9 Å². The highest BCUT2D eigenvalue weighted by Gasteiger charge is 2.27. The number of rotatable bonds is 10. The maximum Gasteiger partial charge on any atom is 0.242 e. The molecular formula is C19H29ClN2O4. The summed E-state index contributed by atoms with van der Waals surface area (Å²) in [6.07, 6.45) is 4.63. The van der Waals surface area contributed by atoms with Crippen molar-refractivity contribution in [3.8, 4) is 0 Å². The zero-order valence-corrected chi connectivity index (χ0v) is 16.4. The van der Waals surface area contributed by atoms with E-state index in [0.29, 0.717) is 13.1 Å². The van der Waals surface area contributed by atoms with Crippen molar-refractivity contribution in [1.29, 1.82) is 0 Å². The number of ether oxygens (including phenoxy) is 1. The van der Waals surface area contributed by atoms with E-state index in [1.54, 1.807) is 22.1 Å². The van der Waals surface area contributed by atoms with Gasteiger partial charge in [0.1, 0.15) is 12.3 Å². The quantitative estimate of drug-likeness (QED) is 0.581. The number of amides is 2. The Hall–Kier alpha value is -1.53.